The molecule has 1 N–H and O–H groups in total. The number of carbonyl (C=O) groups is 1. The molecule has 29 heavy (non-hydrogen) atoms. The molecule has 0 spiro atoms. The number of amides is 1. The number of rotatable bonds is 9. The predicted octanol–water partition coefficient (Wildman–Crippen LogP) is 2.50. The number of benzene rings is 2. The van der Waals surface area contributed by atoms with Crippen molar-refractivity contribution in [1.82, 2.24) is 5.43 Å². The van der Waals surface area contributed by atoms with Crippen molar-refractivity contribution in [2.24, 2.45) is 5.10 Å². The molecule has 1 amide bonds. The summed E-state index contributed by atoms with van der Waals surface area (Å²) in [5.41, 5.74) is 3.34. The van der Waals surface area contributed by atoms with Gasteiger partial charge in [-0.25, -0.2) is 5.43 Å². The Hall–Kier alpha value is -3.62. The van der Waals surface area contributed by atoms with E-state index < -0.39 is 5.91 Å². The van der Waals surface area contributed by atoms with Crippen molar-refractivity contribution in [3.05, 3.63) is 35.4 Å². The summed E-state index contributed by atoms with van der Waals surface area (Å²) in [4.78, 5) is 12.5. The first-order chi connectivity index (χ1) is 14.0. The van der Waals surface area contributed by atoms with Gasteiger partial charge in [0.05, 0.1) is 48.9 Å². The van der Waals surface area contributed by atoms with Gasteiger partial charge in [-0.05, 0) is 18.2 Å². The van der Waals surface area contributed by atoms with Crippen LogP contribution in [0.3, 0.4) is 0 Å². The first-order valence-corrected chi connectivity index (χ1v) is 8.46. The molecule has 0 aliphatic rings. The average Bonchev–Trinajstić information content (AvgIpc) is 2.77. The second-order valence-electron chi connectivity index (χ2n) is 5.56. The fourth-order valence-electron chi connectivity index (χ4n) is 2.59. The van der Waals surface area contributed by atoms with E-state index in [-0.39, 0.29) is 5.56 Å². The van der Waals surface area contributed by atoms with Crippen LogP contribution >= 0.6 is 0 Å². The molecular weight excluding hydrogens is 380 g/mol. The van der Waals surface area contributed by atoms with Crippen LogP contribution < -0.4 is 33.8 Å². The van der Waals surface area contributed by atoms with Crippen LogP contribution in [0.15, 0.2) is 29.4 Å². The minimum absolute atomic E-state index is 0.288. The maximum absolute atomic E-state index is 12.5. The van der Waals surface area contributed by atoms with Crippen LogP contribution in [0.1, 0.15) is 15.9 Å². The van der Waals surface area contributed by atoms with Gasteiger partial charge in [0.25, 0.3) is 5.91 Å². The summed E-state index contributed by atoms with van der Waals surface area (Å²) in [5.74, 6) is 2.19. The Kier molecular flexibility index (Phi) is 7.53. The van der Waals surface area contributed by atoms with Crippen molar-refractivity contribution in [3.63, 3.8) is 0 Å². The highest BCUT2D eigenvalue weighted by atomic mass is 16.5. The zero-order valence-corrected chi connectivity index (χ0v) is 17.2. The van der Waals surface area contributed by atoms with Gasteiger partial charge in [0.15, 0.2) is 23.0 Å². The van der Waals surface area contributed by atoms with Gasteiger partial charge in [-0.2, -0.15) is 5.10 Å². The van der Waals surface area contributed by atoms with Crippen molar-refractivity contribution >= 4 is 12.1 Å². The third-order valence-corrected chi connectivity index (χ3v) is 4.03. The topological polar surface area (TPSA) is 96.8 Å². The molecule has 0 bridgehead atoms. The van der Waals surface area contributed by atoms with E-state index in [1.54, 1.807) is 12.1 Å². The first-order valence-electron chi connectivity index (χ1n) is 8.46. The Balaban J connectivity index is 2.26. The highest BCUT2D eigenvalue weighted by Gasteiger charge is 2.17. The standard InChI is InChI=1S/C20H24N2O7/c1-24-14-10-16(26-3)15(25-2)9-13(14)11-21-22-20(23)12-7-17(27-4)19(29-6)18(8-12)28-5/h7-11H,1-6H3,(H,22,23). The number of hydrazone groups is 1. The molecule has 2 aromatic carbocycles. The van der Waals surface area contributed by atoms with Crippen LogP contribution in [0.2, 0.25) is 0 Å². The molecule has 156 valence electrons. The minimum Gasteiger partial charge on any atom is -0.496 e. The van der Waals surface area contributed by atoms with Gasteiger partial charge in [0, 0.05) is 17.2 Å². The summed E-state index contributed by atoms with van der Waals surface area (Å²) in [6, 6.07) is 6.42. The van der Waals surface area contributed by atoms with Gasteiger partial charge in [-0.1, -0.05) is 0 Å². The Morgan fingerprint density at radius 1 is 0.724 bits per heavy atom. The van der Waals surface area contributed by atoms with Crippen molar-refractivity contribution in [2.75, 3.05) is 42.7 Å². The summed E-state index contributed by atoms with van der Waals surface area (Å²) in [6.07, 6.45) is 1.44. The molecule has 9 heteroatoms. The van der Waals surface area contributed by atoms with Crippen molar-refractivity contribution < 1.29 is 33.2 Å². The van der Waals surface area contributed by atoms with E-state index in [9.17, 15) is 4.79 Å². The van der Waals surface area contributed by atoms with E-state index in [0.29, 0.717) is 40.1 Å². The van der Waals surface area contributed by atoms with Gasteiger partial charge in [-0.15, -0.1) is 0 Å². The maximum atomic E-state index is 12.5. The Bertz CT molecular complexity index is 872. The Morgan fingerprint density at radius 3 is 1.72 bits per heavy atom. The molecule has 9 nitrogen and oxygen atoms in total. The highest BCUT2D eigenvalue weighted by molar-refractivity contribution is 5.96. The normalized spacial score (nSPS) is 10.4. The summed E-state index contributed by atoms with van der Waals surface area (Å²) >= 11 is 0. The molecule has 0 saturated heterocycles. The Labute approximate surface area is 169 Å². The second kappa shape index (κ2) is 10.1. The van der Waals surface area contributed by atoms with Crippen molar-refractivity contribution in [3.8, 4) is 34.5 Å². The van der Waals surface area contributed by atoms with Crippen molar-refractivity contribution in [1.29, 1.82) is 0 Å². The summed E-state index contributed by atoms with van der Waals surface area (Å²) < 4.78 is 31.6. The van der Waals surface area contributed by atoms with Crippen LogP contribution in [-0.4, -0.2) is 54.8 Å². The summed E-state index contributed by atoms with van der Waals surface area (Å²) in [6.45, 7) is 0. The molecule has 0 radical (unpaired) electrons. The smallest absolute Gasteiger partial charge is 0.271 e. The van der Waals surface area contributed by atoms with E-state index in [0.717, 1.165) is 0 Å². The minimum atomic E-state index is -0.458. The zero-order valence-electron chi connectivity index (χ0n) is 17.2. The first kappa shape index (κ1) is 21.7. The number of nitrogens with one attached hydrogen (secondary N) is 1. The molecule has 0 unspecified atom stereocenters. The fourth-order valence-corrected chi connectivity index (χ4v) is 2.59. The lowest BCUT2D eigenvalue weighted by atomic mass is 10.1. The second-order valence-corrected chi connectivity index (χ2v) is 5.56. The van der Waals surface area contributed by atoms with E-state index in [1.165, 1.54) is 61.0 Å². The summed E-state index contributed by atoms with van der Waals surface area (Å²) in [7, 11) is 9.01. The molecule has 2 rings (SSSR count). The van der Waals surface area contributed by atoms with Gasteiger partial charge < -0.3 is 28.4 Å². The number of hydrogen-bond acceptors (Lipinski definition) is 8. The van der Waals surface area contributed by atoms with Crippen molar-refractivity contribution in [2.45, 2.75) is 0 Å². The molecule has 0 aliphatic carbocycles. The molecule has 0 aliphatic heterocycles. The lowest BCUT2D eigenvalue weighted by Crippen LogP contribution is -2.18. The number of methoxy groups -OCH3 is 6. The lowest BCUT2D eigenvalue weighted by Gasteiger charge is -2.13. The highest BCUT2D eigenvalue weighted by Crippen LogP contribution is 2.38. The van der Waals surface area contributed by atoms with E-state index in [1.807, 2.05) is 0 Å². The number of hydrogen-bond donors (Lipinski definition) is 1. The predicted molar refractivity (Wildman–Crippen MR) is 107 cm³/mol. The van der Waals surface area contributed by atoms with Gasteiger partial charge in [-0.3, -0.25) is 4.79 Å². The van der Waals surface area contributed by atoms with E-state index in [4.69, 9.17) is 28.4 Å². The summed E-state index contributed by atoms with van der Waals surface area (Å²) in [5, 5.41) is 4.00. The quantitative estimate of drug-likeness (QED) is 0.507. The van der Waals surface area contributed by atoms with Crippen LogP contribution in [-0.2, 0) is 0 Å². The van der Waals surface area contributed by atoms with Gasteiger partial charge in [0.1, 0.15) is 5.75 Å². The number of nitrogens with zero attached hydrogens (tertiary/aromatic N) is 1. The zero-order chi connectivity index (χ0) is 21.4. The third-order valence-electron chi connectivity index (χ3n) is 4.03. The van der Waals surface area contributed by atoms with Crippen LogP contribution in [0.4, 0.5) is 0 Å². The molecule has 0 saturated carbocycles. The Morgan fingerprint density at radius 2 is 1.24 bits per heavy atom. The molecular formula is C20H24N2O7. The van der Waals surface area contributed by atoms with Crippen LogP contribution in [0, 0.1) is 0 Å². The maximum Gasteiger partial charge on any atom is 0.271 e. The van der Waals surface area contributed by atoms with E-state index in [2.05, 4.69) is 10.5 Å². The molecule has 0 heterocycles. The van der Waals surface area contributed by atoms with Gasteiger partial charge >= 0.3 is 0 Å². The lowest BCUT2D eigenvalue weighted by molar-refractivity contribution is 0.0954. The van der Waals surface area contributed by atoms with Crippen LogP contribution in [0.5, 0.6) is 34.5 Å². The number of carbonyl (C=O) groups excluding carboxylic acids is 1. The largest absolute Gasteiger partial charge is 0.496 e. The molecule has 0 fully saturated rings. The average molecular weight is 404 g/mol. The fraction of sp³-hybridized carbons (Fsp3) is 0.300. The van der Waals surface area contributed by atoms with E-state index >= 15 is 0 Å². The molecule has 0 atom stereocenters. The number of ether oxygens (including phenoxy) is 6. The van der Waals surface area contributed by atoms with Crippen LogP contribution in [0.25, 0.3) is 0 Å². The monoisotopic (exact) mass is 404 g/mol. The molecule has 0 aromatic heterocycles. The SMILES string of the molecule is COc1cc(OC)c(OC)cc1C=NNC(=O)c1cc(OC)c(OC)c(OC)c1. The van der Waals surface area contributed by atoms with Gasteiger partial charge in [0.2, 0.25) is 5.75 Å². The molecule has 2 aromatic rings. The third kappa shape index (κ3) is 4.81.